The molecular weight excluding hydrogens is 392 g/mol. The Morgan fingerprint density at radius 2 is 1.71 bits per heavy atom. The maximum Gasteiger partial charge on any atom is 0.341 e. The summed E-state index contributed by atoms with van der Waals surface area (Å²) in [5.41, 5.74) is 3.24. The molecule has 1 aliphatic heterocycles. The zero-order valence-electron chi connectivity index (χ0n) is 17.4. The van der Waals surface area contributed by atoms with Crippen LogP contribution in [0.5, 0.6) is 0 Å². The summed E-state index contributed by atoms with van der Waals surface area (Å²) in [6, 6.07) is 17.6. The number of ether oxygens (including phenoxy) is 1. The average molecular weight is 418 g/mol. The van der Waals surface area contributed by atoms with Crippen LogP contribution < -0.4 is 10.2 Å². The standard InChI is InChI=1S/C24H26N4O3/c29-23(26-21-9-11-22(12-10-21)27-13-5-2-6-14-27)18-31-24(30)20-15-25-28(17-20)16-19-7-3-1-4-8-19/h1,3-4,7-12,15,17H,2,5-6,13-14,16,18H2,(H,26,29). The number of hydrogen-bond acceptors (Lipinski definition) is 5. The summed E-state index contributed by atoms with van der Waals surface area (Å²) in [7, 11) is 0. The fourth-order valence-corrected chi connectivity index (χ4v) is 3.65. The fourth-order valence-electron chi connectivity index (χ4n) is 3.65. The lowest BCUT2D eigenvalue weighted by Gasteiger charge is -2.28. The van der Waals surface area contributed by atoms with Crippen molar-refractivity contribution < 1.29 is 14.3 Å². The highest BCUT2D eigenvalue weighted by Crippen LogP contribution is 2.21. The number of benzene rings is 2. The van der Waals surface area contributed by atoms with Crippen LogP contribution in [-0.2, 0) is 16.1 Å². The molecule has 0 radical (unpaired) electrons. The highest BCUT2D eigenvalue weighted by Gasteiger charge is 2.14. The van der Waals surface area contributed by atoms with E-state index in [1.165, 1.54) is 25.5 Å². The van der Waals surface area contributed by atoms with Gasteiger partial charge in [0, 0.05) is 30.7 Å². The number of nitrogens with one attached hydrogen (secondary N) is 1. The number of nitrogens with zero attached hydrogens (tertiary/aromatic N) is 3. The molecule has 1 aromatic heterocycles. The number of hydrogen-bond donors (Lipinski definition) is 1. The Morgan fingerprint density at radius 1 is 0.968 bits per heavy atom. The van der Waals surface area contributed by atoms with Crippen LogP contribution in [0.15, 0.2) is 67.0 Å². The Labute approximate surface area is 181 Å². The largest absolute Gasteiger partial charge is 0.452 e. The second-order valence-corrected chi connectivity index (χ2v) is 7.63. The highest BCUT2D eigenvalue weighted by atomic mass is 16.5. The van der Waals surface area contributed by atoms with Crippen molar-refractivity contribution in [2.45, 2.75) is 25.8 Å². The Morgan fingerprint density at radius 3 is 2.45 bits per heavy atom. The van der Waals surface area contributed by atoms with Gasteiger partial charge in [-0.1, -0.05) is 30.3 Å². The molecule has 0 bridgehead atoms. The van der Waals surface area contributed by atoms with Crippen LogP contribution in [0, 0.1) is 0 Å². The van der Waals surface area contributed by atoms with Crippen molar-refractivity contribution in [1.29, 1.82) is 0 Å². The molecule has 1 saturated heterocycles. The van der Waals surface area contributed by atoms with E-state index in [4.69, 9.17) is 4.74 Å². The van der Waals surface area contributed by atoms with E-state index in [2.05, 4.69) is 15.3 Å². The zero-order chi connectivity index (χ0) is 21.5. The van der Waals surface area contributed by atoms with Crippen molar-refractivity contribution in [1.82, 2.24) is 9.78 Å². The minimum Gasteiger partial charge on any atom is -0.452 e. The molecule has 7 nitrogen and oxygen atoms in total. The van der Waals surface area contributed by atoms with E-state index in [0.29, 0.717) is 17.8 Å². The molecule has 3 aromatic rings. The lowest BCUT2D eigenvalue weighted by Crippen LogP contribution is -2.29. The molecule has 160 valence electrons. The van der Waals surface area contributed by atoms with Crippen LogP contribution in [0.25, 0.3) is 0 Å². The summed E-state index contributed by atoms with van der Waals surface area (Å²) in [5, 5.41) is 6.95. The van der Waals surface area contributed by atoms with E-state index >= 15 is 0 Å². The molecule has 0 aliphatic carbocycles. The number of piperidine rings is 1. The van der Waals surface area contributed by atoms with Crippen LogP contribution in [0.1, 0.15) is 35.2 Å². The van der Waals surface area contributed by atoms with Gasteiger partial charge in [0.25, 0.3) is 5.91 Å². The van der Waals surface area contributed by atoms with E-state index in [1.54, 1.807) is 10.9 Å². The van der Waals surface area contributed by atoms with E-state index in [0.717, 1.165) is 24.3 Å². The number of rotatable bonds is 7. The van der Waals surface area contributed by atoms with E-state index in [1.807, 2.05) is 54.6 Å². The lowest BCUT2D eigenvalue weighted by molar-refractivity contribution is -0.119. The predicted octanol–water partition coefficient (Wildman–Crippen LogP) is 3.72. The Kier molecular flexibility index (Phi) is 6.62. The summed E-state index contributed by atoms with van der Waals surface area (Å²) in [5.74, 6) is -0.953. The van der Waals surface area contributed by atoms with E-state index < -0.39 is 5.97 Å². The first-order valence-corrected chi connectivity index (χ1v) is 10.6. The van der Waals surface area contributed by atoms with Gasteiger partial charge in [-0.25, -0.2) is 4.79 Å². The normalized spacial score (nSPS) is 13.6. The quantitative estimate of drug-likeness (QED) is 0.592. The summed E-state index contributed by atoms with van der Waals surface area (Å²) in [6.07, 6.45) is 6.79. The highest BCUT2D eigenvalue weighted by molar-refractivity contribution is 5.95. The summed E-state index contributed by atoms with van der Waals surface area (Å²) in [4.78, 5) is 26.7. The van der Waals surface area contributed by atoms with Crippen LogP contribution in [0.2, 0.25) is 0 Å². The minimum atomic E-state index is -0.574. The van der Waals surface area contributed by atoms with Crippen LogP contribution >= 0.6 is 0 Å². The van der Waals surface area contributed by atoms with Gasteiger partial charge in [0.1, 0.15) is 0 Å². The number of amides is 1. The Bertz CT molecular complexity index is 1010. The molecular formula is C24H26N4O3. The summed E-state index contributed by atoms with van der Waals surface area (Å²) < 4.78 is 6.79. The molecule has 2 heterocycles. The number of esters is 1. The first-order valence-electron chi connectivity index (χ1n) is 10.6. The fraction of sp³-hybridized carbons (Fsp3) is 0.292. The Balaban J connectivity index is 1.24. The third-order valence-corrected chi connectivity index (χ3v) is 5.26. The van der Waals surface area contributed by atoms with Crippen molar-refractivity contribution >= 4 is 23.3 Å². The monoisotopic (exact) mass is 418 g/mol. The molecule has 0 saturated carbocycles. The lowest BCUT2D eigenvalue weighted by atomic mass is 10.1. The van der Waals surface area contributed by atoms with Crippen LogP contribution in [0.4, 0.5) is 11.4 Å². The number of aromatic nitrogens is 2. The summed E-state index contributed by atoms with van der Waals surface area (Å²) in [6.45, 7) is 2.35. The topological polar surface area (TPSA) is 76.5 Å². The molecule has 0 unspecified atom stereocenters. The second-order valence-electron chi connectivity index (χ2n) is 7.63. The maximum absolute atomic E-state index is 12.2. The van der Waals surface area contributed by atoms with Gasteiger partial charge in [-0.2, -0.15) is 5.10 Å². The van der Waals surface area contributed by atoms with Crippen molar-refractivity contribution in [2.75, 3.05) is 29.9 Å². The van der Waals surface area contributed by atoms with Gasteiger partial charge in [0.15, 0.2) is 6.61 Å². The van der Waals surface area contributed by atoms with Crippen molar-refractivity contribution in [3.8, 4) is 0 Å². The number of carbonyl (C=O) groups is 2. The smallest absolute Gasteiger partial charge is 0.341 e. The molecule has 1 N–H and O–H groups in total. The van der Waals surface area contributed by atoms with Gasteiger partial charge < -0.3 is 15.0 Å². The molecule has 1 aliphatic rings. The van der Waals surface area contributed by atoms with Crippen LogP contribution in [0.3, 0.4) is 0 Å². The second kappa shape index (κ2) is 9.93. The van der Waals surface area contributed by atoms with Gasteiger partial charge in [-0.3, -0.25) is 9.48 Å². The number of carbonyl (C=O) groups excluding carboxylic acids is 2. The molecule has 7 heteroatoms. The third-order valence-electron chi connectivity index (χ3n) is 5.26. The predicted molar refractivity (Wildman–Crippen MR) is 119 cm³/mol. The summed E-state index contributed by atoms with van der Waals surface area (Å²) >= 11 is 0. The first-order chi connectivity index (χ1) is 15.2. The van der Waals surface area contributed by atoms with Crippen molar-refractivity contribution in [3.05, 3.63) is 78.1 Å². The molecule has 2 aromatic carbocycles. The van der Waals surface area contributed by atoms with E-state index in [9.17, 15) is 9.59 Å². The third kappa shape index (κ3) is 5.72. The van der Waals surface area contributed by atoms with Gasteiger partial charge in [-0.15, -0.1) is 0 Å². The van der Waals surface area contributed by atoms with E-state index in [-0.39, 0.29) is 12.5 Å². The SMILES string of the molecule is O=C(COC(=O)c1cnn(Cc2ccccc2)c1)Nc1ccc(N2CCCCC2)cc1. The minimum absolute atomic E-state index is 0.314. The van der Waals surface area contributed by atoms with Gasteiger partial charge in [0.2, 0.25) is 0 Å². The maximum atomic E-state index is 12.2. The zero-order valence-corrected chi connectivity index (χ0v) is 17.4. The van der Waals surface area contributed by atoms with Gasteiger partial charge in [0.05, 0.1) is 18.3 Å². The molecule has 1 fully saturated rings. The van der Waals surface area contributed by atoms with Gasteiger partial charge in [-0.05, 0) is 49.1 Å². The van der Waals surface area contributed by atoms with Crippen molar-refractivity contribution in [2.24, 2.45) is 0 Å². The molecule has 4 rings (SSSR count). The molecule has 0 spiro atoms. The van der Waals surface area contributed by atoms with Crippen molar-refractivity contribution in [3.63, 3.8) is 0 Å². The van der Waals surface area contributed by atoms with Gasteiger partial charge >= 0.3 is 5.97 Å². The average Bonchev–Trinajstić information content (AvgIpc) is 3.28. The Hall–Kier alpha value is -3.61. The molecule has 31 heavy (non-hydrogen) atoms. The number of anilines is 2. The molecule has 1 amide bonds. The first kappa shape index (κ1) is 20.7. The van der Waals surface area contributed by atoms with Crippen LogP contribution in [-0.4, -0.2) is 41.4 Å². The molecule has 0 atom stereocenters.